The van der Waals surface area contributed by atoms with E-state index >= 15 is 0 Å². The fraction of sp³-hybridized carbons (Fsp3) is 0.240. The Morgan fingerprint density at radius 3 is 2.56 bits per heavy atom. The minimum atomic E-state index is -3.81. The van der Waals surface area contributed by atoms with Gasteiger partial charge in [0.05, 0.1) is 5.56 Å². The highest BCUT2D eigenvalue weighted by molar-refractivity contribution is 6.22. The summed E-state index contributed by atoms with van der Waals surface area (Å²) >= 11 is 0. The predicted octanol–water partition coefficient (Wildman–Crippen LogP) is 6.52. The molecule has 4 aromatic rings. The molecule has 2 heteroatoms. The molecular weight excluding hydrogens is 330 g/mol. The number of nitrogens with zero attached hydrogens (tertiary/aromatic N) is 1. The lowest BCUT2D eigenvalue weighted by Gasteiger charge is -2.09. The molecule has 0 unspecified atom stereocenters. The lowest BCUT2D eigenvalue weighted by molar-refractivity contribution is 0.104. The second-order valence-corrected chi connectivity index (χ2v) is 6.16. The highest BCUT2D eigenvalue weighted by Crippen LogP contribution is 2.30. The lowest BCUT2D eigenvalue weighted by atomic mass is 9.95. The van der Waals surface area contributed by atoms with E-state index in [0.29, 0.717) is 16.3 Å². The summed E-state index contributed by atoms with van der Waals surface area (Å²) in [6.45, 7) is -5.50. The molecule has 0 amide bonds. The van der Waals surface area contributed by atoms with Crippen LogP contribution in [-0.2, 0) is 6.50 Å². The van der Waals surface area contributed by atoms with Crippen LogP contribution < -0.4 is 0 Å². The summed E-state index contributed by atoms with van der Waals surface area (Å²) in [4.78, 5) is 13.9. The van der Waals surface area contributed by atoms with Crippen molar-refractivity contribution in [2.24, 2.45) is 0 Å². The van der Waals surface area contributed by atoms with Crippen LogP contribution in [0.4, 0.5) is 0 Å². The fourth-order valence-electron chi connectivity index (χ4n) is 3.47. The zero-order valence-electron chi connectivity index (χ0n) is 25.7. The van der Waals surface area contributed by atoms with Crippen molar-refractivity contribution in [2.45, 2.75) is 39.4 Å². The van der Waals surface area contributed by atoms with Gasteiger partial charge in [-0.2, -0.15) is 0 Å². The van der Waals surface area contributed by atoms with Crippen LogP contribution in [0.25, 0.3) is 21.7 Å². The van der Waals surface area contributed by atoms with Gasteiger partial charge >= 0.3 is 0 Å². The Balaban J connectivity index is 1.98. The first kappa shape index (κ1) is 8.88. The molecule has 4 rings (SSSR count). The molecule has 136 valence electrons. The Kier molecular flexibility index (Phi) is 2.43. The summed E-state index contributed by atoms with van der Waals surface area (Å²) in [6.07, 6.45) is -11.3. The number of hydrogen-bond donors (Lipinski definition) is 0. The van der Waals surface area contributed by atoms with Crippen molar-refractivity contribution < 1.29 is 19.9 Å². The number of ketones is 1. The monoisotopic (exact) mass is 366 g/mol. The first-order valence-electron chi connectivity index (χ1n) is 14.0. The molecule has 0 radical (unpaired) electrons. The highest BCUT2D eigenvalue weighted by Gasteiger charge is 2.22. The topological polar surface area (TPSA) is 22.0 Å². The van der Waals surface area contributed by atoms with Crippen LogP contribution in [0.2, 0.25) is 0 Å². The third-order valence-corrected chi connectivity index (χ3v) is 4.67. The van der Waals surface area contributed by atoms with Gasteiger partial charge < -0.3 is 4.57 Å². The average Bonchev–Trinajstić information content (AvgIpc) is 3.14. The number of carbonyl (C=O) groups excluding carboxylic acids is 1. The smallest absolute Gasteiger partial charge is 0.196 e. The van der Waals surface area contributed by atoms with Crippen molar-refractivity contribution in [2.75, 3.05) is 0 Å². The van der Waals surface area contributed by atoms with Gasteiger partial charge in [0.15, 0.2) is 5.78 Å². The summed E-state index contributed by atoms with van der Waals surface area (Å²) in [5.74, 6) is -0.452. The largest absolute Gasteiger partial charge is 0.344 e. The van der Waals surface area contributed by atoms with Crippen LogP contribution in [0.5, 0.6) is 0 Å². The Labute approximate surface area is 175 Å². The van der Waals surface area contributed by atoms with Gasteiger partial charge in [-0.15, -0.1) is 0 Å². The molecule has 2 nitrogen and oxygen atoms in total. The first-order chi connectivity index (χ1) is 17.4. The number of para-hydroxylation sites is 1. The van der Waals surface area contributed by atoms with E-state index in [0.717, 1.165) is 9.95 Å². The standard InChI is InChI=1S/C25H25NO/c1-3-4-9-17-26-18(2)24(22-14-7-8-16-23(22)26)25(27)21-15-10-12-19-11-5-6-13-20(19)21/h5-8,10-16H,3-4,9,17H2,1-2H3/i1D3,3D2,4D2,9D2,17D2. The molecule has 0 saturated heterocycles. The Morgan fingerprint density at radius 1 is 0.963 bits per heavy atom. The summed E-state index contributed by atoms with van der Waals surface area (Å²) in [6, 6.07) is 18.6. The maximum Gasteiger partial charge on any atom is 0.196 e. The number of hydrogen-bond acceptors (Lipinski definition) is 1. The molecule has 0 aliphatic rings. The number of aryl methyl sites for hydroxylation is 1. The SMILES string of the molecule is [2H]C([2H])([2H])C([2H])([2H])C([2H])([2H])C([2H])([2H])C([2H])([2H])n1c(C)c(C(=O)c2cccc3ccccc23)c2ccccc21. The third-order valence-electron chi connectivity index (χ3n) is 4.67. The van der Waals surface area contributed by atoms with Gasteiger partial charge in [-0.3, -0.25) is 4.79 Å². The van der Waals surface area contributed by atoms with E-state index in [1.54, 1.807) is 42.5 Å². The zero-order chi connectivity index (χ0) is 28.5. The summed E-state index contributed by atoms with van der Waals surface area (Å²) in [5.41, 5.74) is 0.485. The quantitative estimate of drug-likeness (QED) is 0.356. The fourth-order valence-corrected chi connectivity index (χ4v) is 3.47. The summed E-state index contributed by atoms with van der Waals surface area (Å²) < 4.78 is 90.0. The second-order valence-electron chi connectivity index (χ2n) is 6.16. The molecule has 0 fully saturated rings. The van der Waals surface area contributed by atoms with Crippen molar-refractivity contribution >= 4 is 27.5 Å². The molecule has 3 aromatic carbocycles. The van der Waals surface area contributed by atoms with E-state index in [9.17, 15) is 4.79 Å². The van der Waals surface area contributed by atoms with Gasteiger partial charge in [0.1, 0.15) is 0 Å². The van der Waals surface area contributed by atoms with Crippen LogP contribution in [0.3, 0.4) is 0 Å². The molecule has 0 bridgehead atoms. The number of aromatic nitrogens is 1. The van der Waals surface area contributed by atoms with Gasteiger partial charge in [0.25, 0.3) is 0 Å². The molecule has 0 aliphatic carbocycles. The van der Waals surface area contributed by atoms with Crippen molar-refractivity contribution in [3.63, 3.8) is 0 Å². The minimum Gasteiger partial charge on any atom is -0.344 e. The zero-order valence-corrected chi connectivity index (χ0v) is 14.7. The summed E-state index contributed by atoms with van der Waals surface area (Å²) in [7, 11) is 0. The number of carbonyl (C=O) groups is 1. The van der Waals surface area contributed by atoms with Gasteiger partial charge in [0, 0.05) is 43.7 Å². The van der Waals surface area contributed by atoms with E-state index in [1.165, 1.54) is 13.0 Å². The number of rotatable bonds is 6. The second kappa shape index (κ2) is 7.40. The highest BCUT2D eigenvalue weighted by atomic mass is 16.1. The van der Waals surface area contributed by atoms with Crippen molar-refractivity contribution in [1.82, 2.24) is 4.57 Å². The van der Waals surface area contributed by atoms with E-state index < -0.39 is 38.3 Å². The Hall–Kier alpha value is -2.87. The third kappa shape index (κ3) is 3.06. The van der Waals surface area contributed by atoms with E-state index in [2.05, 4.69) is 0 Å². The maximum absolute atomic E-state index is 13.9. The molecular formula is C25H25NO. The summed E-state index contributed by atoms with van der Waals surface area (Å²) in [5, 5.41) is 1.77. The Morgan fingerprint density at radius 2 is 1.70 bits per heavy atom. The number of benzene rings is 3. The van der Waals surface area contributed by atoms with E-state index in [1.807, 2.05) is 18.2 Å². The molecule has 0 saturated carbocycles. The maximum atomic E-state index is 13.9. The lowest BCUT2D eigenvalue weighted by Crippen LogP contribution is -2.06. The molecule has 0 aliphatic heterocycles. The van der Waals surface area contributed by atoms with Gasteiger partial charge in [-0.25, -0.2) is 0 Å². The van der Waals surface area contributed by atoms with Gasteiger partial charge in [-0.05, 0) is 30.1 Å². The van der Waals surface area contributed by atoms with E-state index in [4.69, 9.17) is 15.1 Å². The minimum absolute atomic E-state index is 0.0109. The average molecular weight is 367 g/mol. The predicted molar refractivity (Wildman–Crippen MR) is 114 cm³/mol. The van der Waals surface area contributed by atoms with Gasteiger partial charge in [0.2, 0.25) is 0 Å². The van der Waals surface area contributed by atoms with E-state index in [-0.39, 0.29) is 16.8 Å². The van der Waals surface area contributed by atoms with Crippen LogP contribution >= 0.6 is 0 Å². The van der Waals surface area contributed by atoms with Crippen molar-refractivity contribution in [3.05, 3.63) is 83.6 Å². The molecule has 0 spiro atoms. The van der Waals surface area contributed by atoms with Crippen LogP contribution in [0, 0.1) is 6.92 Å². The van der Waals surface area contributed by atoms with Crippen LogP contribution in [0.1, 0.15) is 62.7 Å². The van der Waals surface area contributed by atoms with Crippen molar-refractivity contribution in [1.29, 1.82) is 0 Å². The molecule has 0 atom stereocenters. The van der Waals surface area contributed by atoms with Gasteiger partial charge in [-0.1, -0.05) is 80.3 Å². The molecule has 1 aromatic heterocycles. The van der Waals surface area contributed by atoms with Crippen molar-refractivity contribution in [3.8, 4) is 0 Å². The molecule has 0 N–H and O–H groups in total. The number of fused-ring (bicyclic) bond motifs is 2. The molecule has 1 heterocycles. The normalized spacial score (nSPS) is 20.0. The first-order valence-corrected chi connectivity index (χ1v) is 8.52. The van der Waals surface area contributed by atoms with Crippen LogP contribution in [0.15, 0.2) is 66.7 Å². The molecule has 27 heavy (non-hydrogen) atoms. The van der Waals surface area contributed by atoms with Crippen LogP contribution in [-0.4, -0.2) is 10.4 Å². The Bertz CT molecular complexity index is 1540.